The fraction of sp³-hybridized carbons (Fsp3) is 0.200. The number of hydrogen-bond acceptors (Lipinski definition) is 0. The zero-order valence-corrected chi connectivity index (χ0v) is 17.3. The molecular formula is C20H20I2. The molecule has 2 aromatic carbocycles. The summed E-state index contributed by atoms with van der Waals surface area (Å²) in [5.74, 6) is 0. The minimum absolute atomic E-state index is 1.05. The summed E-state index contributed by atoms with van der Waals surface area (Å²) in [6.45, 7) is 4.48. The zero-order chi connectivity index (χ0) is 15.9. The van der Waals surface area contributed by atoms with Gasteiger partial charge in [-0.2, -0.15) is 0 Å². The highest BCUT2D eigenvalue weighted by Gasteiger charge is 2.15. The molecule has 0 unspecified atom stereocenters. The molecule has 0 saturated heterocycles. The molecule has 0 aliphatic heterocycles. The Morgan fingerprint density at radius 1 is 0.727 bits per heavy atom. The molecule has 0 bridgehead atoms. The predicted molar refractivity (Wildman–Crippen MR) is 115 cm³/mol. The van der Waals surface area contributed by atoms with Crippen LogP contribution in [0.5, 0.6) is 0 Å². The van der Waals surface area contributed by atoms with E-state index in [0.29, 0.717) is 0 Å². The van der Waals surface area contributed by atoms with Crippen LogP contribution in [0.2, 0.25) is 0 Å². The Balaban J connectivity index is 2.71. The van der Waals surface area contributed by atoms with E-state index in [2.05, 4.69) is 120 Å². The van der Waals surface area contributed by atoms with Crippen molar-refractivity contribution < 1.29 is 0 Å². The van der Waals surface area contributed by atoms with Gasteiger partial charge in [-0.15, -0.1) is 0 Å². The van der Waals surface area contributed by atoms with E-state index in [1.165, 1.54) is 29.4 Å². The highest BCUT2D eigenvalue weighted by molar-refractivity contribution is 14.1. The van der Waals surface area contributed by atoms with Crippen LogP contribution in [0.3, 0.4) is 0 Å². The molecule has 0 aliphatic rings. The number of halogens is 2. The average molecular weight is 514 g/mol. The van der Waals surface area contributed by atoms with Gasteiger partial charge in [0.15, 0.2) is 0 Å². The molecule has 0 N–H and O–H groups in total. The predicted octanol–water partition coefficient (Wildman–Crippen LogP) is 7.50. The van der Waals surface area contributed by atoms with Crippen molar-refractivity contribution in [2.45, 2.75) is 26.7 Å². The van der Waals surface area contributed by atoms with E-state index in [9.17, 15) is 0 Å². The van der Waals surface area contributed by atoms with Crippen molar-refractivity contribution in [3.05, 3.63) is 80.9 Å². The van der Waals surface area contributed by atoms with Crippen molar-refractivity contribution in [3.8, 4) is 0 Å². The maximum Gasteiger partial charge on any atom is 0.0284 e. The van der Waals surface area contributed by atoms with Gasteiger partial charge in [0.05, 0.1) is 0 Å². The lowest BCUT2D eigenvalue weighted by molar-refractivity contribution is 1.10. The van der Waals surface area contributed by atoms with Gasteiger partial charge in [0.1, 0.15) is 0 Å². The molecular weight excluding hydrogens is 494 g/mol. The summed E-state index contributed by atoms with van der Waals surface area (Å²) in [6.07, 6.45) is 2.13. The fourth-order valence-electron chi connectivity index (χ4n) is 2.48. The van der Waals surface area contributed by atoms with Gasteiger partial charge in [-0.25, -0.2) is 0 Å². The average Bonchev–Trinajstić information content (AvgIpc) is 2.60. The lowest BCUT2D eigenvalue weighted by atomic mass is 9.93. The van der Waals surface area contributed by atoms with Crippen LogP contribution in [0, 0.1) is 0 Å². The van der Waals surface area contributed by atoms with Gasteiger partial charge in [-0.05, 0) is 83.9 Å². The first-order valence-corrected chi connectivity index (χ1v) is 9.73. The third kappa shape index (κ3) is 4.22. The van der Waals surface area contributed by atoms with Crippen LogP contribution >= 0.6 is 45.2 Å². The van der Waals surface area contributed by atoms with Crippen LogP contribution < -0.4 is 0 Å². The second kappa shape index (κ2) is 8.87. The van der Waals surface area contributed by atoms with Crippen molar-refractivity contribution in [2.75, 3.05) is 0 Å². The molecule has 0 aliphatic carbocycles. The van der Waals surface area contributed by atoms with Gasteiger partial charge in [0.2, 0.25) is 0 Å². The van der Waals surface area contributed by atoms with Gasteiger partial charge in [-0.1, -0.05) is 74.5 Å². The van der Waals surface area contributed by atoms with Crippen molar-refractivity contribution >= 4 is 54.3 Å². The van der Waals surface area contributed by atoms with E-state index >= 15 is 0 Å². The lowest BCUT2D eigenvalue weighted by Crippen LogP contribution is -1.95. The number of benzene rings is 2. The molecule has 0 radical (unpaired) electrons. The van der Waals surface area contributed by atoms with Gasteiger partial charge < -0.3 is 0 Å². The smallest absolute Gasteiger partial charge is 0.0284 e. The van der Waals surface area contributed by atoms with Crippen molar-refractivity contribution in [3.63, 3.8) is 0 Å². The highest BCUT2D eigenvalue weighted by atomic mass is 127. The summed E-state index contributed by atoms with van der Waals surface area (Å²) < 4.78 is 2.77. The van der Waals surface area contributed by atoms with Crippen LogP contribution in [0.1, 0.15) is 37.8 Å². The molecule has 22 heavy (non-hydrogen) atoms. The van der Waals surface area contributed by atoms with Crippen LogP contribution in [0.25, 0.3) is 9.15 Å². The minimum Gasteiger partial charge on any atom is -0.0622 e. The number of allylic oxidation sites excluding steroid dienone is 3. The Morgan fingerprint density at radius 2 is 1.23 bits per heavy atom. The summed E-state index contributed by atoms with van der Waals surface area (Å²) in [5.41, 5.74) is 5.42. The van der Waals surface area contributed by atoms with Crippen LogP contribution in [-0.4, -0.2) is 0 Å². The molecule has 0 nitrogen and oxygen atoms in total. The highest BCUT2D eigenvalue weighted by Crippen LogP contribution is 2.40. The van der Waals surface area contributed by atoms with Gasteiger partial charge in [-0.3, -0.25) is 0 Å². The van der Waals surface area contributed by atoms with E-state index < -0.39 is 0 Å². The fourth-order valence-corrected chi connectivity index (χ4v) is 4.13. The second-order valence-electron chi connectivity index (χ2n) is 5.01. The molecule has 0 spiro atoms. The summed E-state index contributed by atoms with van der Waals surface area (Å²) >= 11 is 5.01. The molecule has 0 heterocycles. The minimum atomic E-state index is 1.05. The third-order valence-corrected chi connectivity index (χ3v) is 6.18. The Bertz CT molecular complexity index is 667. The summed E-state index contributed by atoms with van der Waals surface area (Å²) in [6, 6.07) is 21.4. The topological polar surface area (TPSA) is 0 Å². The molecule has 0 aromatic heterocycles. The Kier molecular flexibility index (Phi) is 7.15. The number of rotatable bonds is 5. The Hall–Kier alpha value is -0.620. The second-order valence-corrected chi connectivity index (χ2v) is 7.39. The number of hydrogen-bond donors (Lipinski definition) is 0. The van der Waals surface area contributed by atoms with E-state index in [4.69, 9.17) is 0 Å². The van der Waals surface area contributed by atoms with Crippen molar-refractivity contribution in [2.24, 2.45) is 0 Å². The lowest BCUT2D eigenvalue weighted by Gasteiger charge is -2.17. The molecule has 0 atom stereocenters. The first-order valence-electron chi connectivity index (χ1n) is 7.57. The van der Waals surface area contributed by atoms with E-state index in [0.717, 1.165) is 12.8 Å². The molecule has 2 rings (SSSR count). The Morgan fingerprint density at radius 3 is 1.68 bits per heavy atom. The summed E-state index contributed by atoms with van der Waals surface area (Å²) in [4.78, 5) is 0. The third-order valence-electron chi connectivity index (χ3n) is 3.60. The maximum absolute atomic E-state index is 2.50. The molecule has 0 amide bonds. The van der Waals surface area contributed by atoms with Gasteiger partial charge in [0, 0.05) is 3.58 Å². The standard InChI is InChI=1S/C20H20I2/c1-3-17(18(21)4-2)19(15-11-7-5-8-12-15)20(22)16-13-9-6-10-14-16/h5-14H,3-4H2,1-2H3. The first kappa shape index (κ1) is 17.7. The quantitative estimate of drug-likeness (QED) is 0.220. The molecule has 114 valence electrons. The van der Waals surface area contributed by atoms with Crippen molar-refractivity contribution in [1.29, 1.82) is 0 Å². The van der Waals surface area contributed by atoms with Crippen LogP contribution in [0.15, 0.2) is 69.8 Å². The zero-order valence-electron chi connectivity index (χ0n) is 12.9. The summed E-state index contributed by atoms with van der Waals surface area (Å²) in [5, 5.41) is 0. The Labute approximate surface area is 161 Å². The van der Waals surface area contributed by atoms with Crippen LogP contribution in [0.4, 0.5) is 0 Å². The van der Waals surface area contributed by atoms with Crippen molar-refractivity contribution in [1.82, 2.24) is 0 Å². The molecule has 2 heteroatoms. The normalized spacial score (nSPS) is 13.5. The van der Waals surface area contributed by atoms with E-state index in [-0.39, 0.29) is 0 Å². The monoisotopic (exact) mass is 514 g/mol. The van der Waals surface area contributed by atoms with Gasteiger partial charge in [0.25, 0.3) is 0 Å². The molecule has 0 saturated carbocycles. The van der Waals surface area contributed by atoms with Crippen LogP contribution in [-0.2, 0) is 0 Å². The summed E-state index contributed by atoms with van der Waals surface area (Å²) in [7, 11) is 0. The van der Waals surface area contributed by atoms with E-state index in [1.54, 1.807) is 0 Å². The van der Waals surface area contributed by atoms with E-state index in [1.807, 2.05) is 0 Å². The largest absolute Gasteiger partial charge is 0.0622 e. The van der Waals surface area contributed by atoms with Gasteiger partial charge >= 0.3 is 0 Å². The SMILES string of the molecule is CCC(I)=C(CC)C(=C(I)c1ccccc1)c1ccccc1. The first-order chi connectivity index (χ1) is 10.7. The molecule has 0 fully saturated rings. The molecule has 2 aromatic rings. The maximum atomic E-state index is 2.50.